The minimum Gasteiger partial charge on any atom is -0.508 e. The number of phenols is 1. The summed E-state index contributed by atoms with van der Waals surface area (Å²) in [7, 11) is 0. The second-order valence-corrected chi connectivity index (χ2v) is 5.67. The van der Waals surface area contributed by atoms with Crippen LogP contribution in [0.1, 0.15) is 37.1 Å². The second-order valence-electron chi connectivity index (χ2n) is 4.76. The highest BCUT2D eigenvalue weighted by Crippen LogP contribution is 2.22. The summed E-state index contributed by atoms with van der Waals surface area (Å²) < 4.78 is 1.09. The molecule has 2 nitrogen and oxygen atoms in total. The monoisotopic (exact) mass is 319 g/mol. The number of rotatable bonds is 4. The molecule has 100 valence electrons. The molecule has 2 N–H and O–H groups in total. The van der Waals surface area contributed by atoms with Crippen LogP contribution >= 0.6 is 15.9 Å². The van der Waals surface area contributed by atoms with Gasteiger partial charge in [-0.3, -0.25) is 0 Å². The smallest absolute Gasteiger partial charge is 0.115 e. The molecule has 3 heteroatoms. The first-order valence-corrected chi connectivity index (χ1v) is 7.16. The molecule has 2 aromatic carbocycles. The molecule has 0 heterocycles. The van der Waals surface area contributed by atoms with Crippen LogP contribution in [-0.2, 0) is 0 Å². The quantitative estimate of drug-likeness (QED) is 0.865. The molecule has 0 aliphatic rings. The standard InChI is InChI=1S/C16H18BrNO/c1-11(13-6-8-16(19)9-7-13)18-12(2)14-4-3-5-15(17)10-14/h3-12,18-19H,1-2H3/t11?,12-/m1/s1. The summed E-state index contributed by atoms with van der Waals surface area (Å²) >= 11 is 3.49. The van der Waals surface area contributed by atoms with Gasteiger partial charge in [-0.05, 0) is 49.2 Å². The lowest BCUT2D eigenvalue weighted by atomic mass is 10.0. The van der Waals surface area contributed by atoms with Crippen molar-refractivity contribution in [2.24, 2.45) is 0 Å². The first kappa shape index (κ1) is 14.1. The lowest BCUT2D eigenvalue weighted by Crippen LogP contribution is -2.22. The molecule has 1 unspecified atom stereocenters. The molecule has 0 saturated heterocycles. The van der Waals surface area contributed by atoms with E-state index in [1.54, 1.807) is 12.1 Å². The molecule has 0 fully saturated rings. The third-order valence-corrected chi connectivity index (χ3v) is 3.74. The largest absolute Gasteiger partial charge is 0.508 e. The van der Waals surface area contributed by atoms with Gasteiger partial charge in [0.2, 0.25) is 0 Å². The SMILES string of the molecule is CC(N[C@H](C)c1cccc(Br)c1)c1ccc(O)cc1. The van der Waals surface area contributed by atoms with Crippen molar-refractivity contribution < 1.29 is 5.11 Å². The molecule has 0 bridgehead atoms. The highest BCUT2D eigenvalue weighted by atomic mass is 79.9. The van der Waals surface area contributed by atoms with E-state index in [0.29, 0.717) is 5.75 Å². The van der Waals surface area contributed by atoms with Crippen molar-refractivity contribution in [1.29, 1.82) is 0 Å². The van der Waals surface area contributed by atoms with Crippen LogP contribution in [-0.4, -0.2) is 5.11 Å². The van der Waals surface area contributed by atoms with Crippen molar-refractivity contribution in [1.82, 2.24) is 5.32 Å². The Labute approximate surface area is 122 Å². The van der Waals surface area contributed by atoms with E-state index in [1.807, 2.05) is 24.3 Å². The van der Waals surface area contributed by atoms with Gasteiger partial charge in [-0.25, -0.2) is 0 Å². The number of halogens is 1. The van der Waals surface area contributed by atoms with Gasteiger partial charge in [-0.2, -0.15) is 0 Å². The van der Waals surface area contributed by atoms with Crippen molar-refractivity contribution in [3.8, 4) is 5.75 Å². The van der Waals surface area contributed by atoms with E-state index in [-0.39, 0.29) is 12.1 Å². The third-order valence-electron chi connectivity index (χ3n) is 3.24. The zero-order chi connectivity index (χ0) is 13.8. The fraction of sp³-hybridized carbons (Fsp3) is 0.250. The molecular weight excluding hydrogens is 302 g/mol. The van der Waals surface area contributed by atoms with Crippen LogP contribution in [0.2, 0.25) is 0 Å². The molecule has 0 aliphatic heterocycles. The van der Waals surface area contributed by atoms with Crippen molar-refractivity contribution in [3.05, 3.63) is 64.1 Å². The predicted octanol–water partition coefficient (Wildman–Crippen LogP) is 4.57. The van der Waals surface area contributed by atoms with Gasteiger partial charge in [0.15, 0.2) is 0 Å². The van der Waals surface area contributed by atoms with Gasteiger partial charge in [0, 0.05) is 16.6 Å². The number of nitrogens with one attached hydrogen (secondary N) is 1. The number of hydrogen-bond acceptors (Lipinski definition) is 2. The van der Waals surface area contributed by atoms with Crippen molar-refractivity contribution in [2.45, 2.75) is 25.9 Å². The molecule has 2 rings (SSSR count). The number of benzene rings is 2. The Balaban J connectivity index is 2.06. The van der Waals surface area contributed by atoms with E-state index in [2.05, 4.69) is 47.2 Å². The summed E-state index contributed by atoms with van der Waals surface area (Å²) in [6, 6.07) is 16.1. The Kier molecular flexibility index (Phi) is 4.61. The van der Waals surface area contributed by atoms with Gasteiger partial charge in [0.05, 0.1) is 0 Å². The molecule has 0 saturated carbocycles. The number of phenolic OH excluding ortho intramolecular Hbond substituents is 1. The van der Waals surface area contributed by atoms with Crippen molar-refractivity contribution >= 4 is 15.9 Å². The topological polar surface area (TPSA) is 32.3 Å². The molecule has 0 spiro atoms. The summed E-state index contributed by atoms with van der Waals surface area (Å²) in [5.41, 5.74) is 2.42. The van der Waals surface area contributed by atoms with Crippen LogP contribution in [0.5, 0.6) is 5.75 Å². The molecule has 2 aromatic rings. The van der Waals surface area contributed by atoms with E-state index in [0.717, 1.165) is 4.47 Å². The zero-order valence-electron chi connectivity index (χ0n) is 11.1. The third kappa shape index (κ3) is 3.82. The Morgan fingerprint density at radius 3 is 2.21 bits per heavy atom. The van der Waals surface area contributed by atoms with Gasteiger partial charge in [0.25, 0.3) is 0 Å². The average molecular weight is 320 g/mol. The molecule has 0 amide bonds. The Morgan fingerprint density at radius 2 is 1.58 bits per heavy atom. The first-order valence-electron chi connectivity index (χ1n) is 6.36. The maximum Gasteiger partial charge on any atom is 0.115 e. The van der Waals surface area contributed by atoms with E-state index in [9.17, 15) is 5.11 Å². The maximum absolute atomic E-state index is 9.30. The van der Waals surface area contributed by atoms with E-state index in [1.165, 1.54) is 11.1 Å². The first-order chi connectivity index (χ1) is 9.06. The maximum atomic E-state index is 9.30. The molecule has 19 heavy (non-hydrogen) atoms. The Hall–Kier alpha value is -1.32. The Morgan fingerprint density at radius 1 is 0.947 bits per heavy atom. The molecule has 0 radical (unpaired) electrons. The summed E-state index contributed by atoms with van der Waals surface area (Å²) in [6.45, 7) is 4.28. The van der Waals surface area contributed by atoms with Crippen LogP contribution < -0.4 is 5.32 Å². The van der Waals surface area contributed by atoms with Gasteiger partial charge >= 0.3 is 0 Å². The second kappa shape index (κ2) is 6.22. The van der Waals surface area contributed by atoms with E-state index in [4.69, 9.17) is 0 Å². The zero-order valence-corrected chi connectivity index (χ0v) is 12.7. The van der Waals surface area contributed by atoms with Gasteiger partial charge in [-0.15, -0.1) is 0 Å². The minimum absolute atomic E-state index is 0.231. The summed E-state index contributed by atoms with van der Waals surface area (Å²) in [5, 5.41) is 12.9. The summed E-state index contributed by atoms with van der Waals surface area (Å²) in [4.78, 5) is 0. The normalized spacial score (nSPS) is 14.1. The van der Waals surface area contributed by atoms with Gasteiger partial charge in [-0.1, -0.05) is 40.2 Å². The summed E-state index contributed by atoms with van der Waals surface area (Å²) in [6.07, 6.45) is 0. The molecular formula is C16H18BrNO. The van der Waals surface area contributed by atoms with Crippen LogP contribution in [0, 0.1) is 0 Å². The van der Waals surface area contributed by atoms with Crippen LogP contribution in [0.15, 0.2) is 53.0 Å². The number of hydrogen-bond donors (Lipinski definition) is 2. The molecule has 2 atom stereocenters. The minimum atomic E-state index is 0.231. The number of aromatic hydroxyl groups is 1. The highest BCUT2D eigenvalue weighted by molar-refractivity contribution is 9.10. The van der Waals surface area contributed by atoms with Crippen molar-refractivity contribution in [3.63, 3.8) is 0 Å². The summed E-state index contributed by atoms with van der Waals surface area (Å²) in [5.74, 6) is 0.302. The fourth-order valence-corrected chi connectivity index (χ4v) is 2.52. The van der Waals surface area contributed by atoms with E-state index < -0.39 is 0 Å². The van der Waals surface area contributed by atoms with Crippen LogP contribution in [0.4, 0.5) is 0 Å². The molecule has 0 aliphatic carbocycles. The lowest BCUT2D eigenvalue weighted by Gasteiger charge is -2.21. The van der Waals surface area contributed by atoms with Crippen LogP contribution in [0.3, 0.4) is 0 Å². The van der Waals surface area contributed by atoms with Crippen molar-refractivity contribution in [2.75, 3.05) is 0 Å². The molecule has 0 aromatic heterocycles. The predicted molar refractivity (Wildman–Crippen MR) is 82.2 cm³/mol. The average Bonchev–Trinajstić information content (AvgIpc) is 2.39. The van der Waals surface area contributed by atoms with Gasteiger partial charge < -0.3 is 10.4 Å². The fourth-order valence-electron chi connectivity index (χ4n) is 2.11. The highest BCUT2D eigenvalue weighted by Gasteiger charge is 2.11. The van der Waals surface area contributed by atoms with Gasteiger partial charge in [0.1, 0.15) is 5.75 Å². The lowest BCUT2D eigenvalue weighted by molar-refractivity contribution is 0.472. The Bertz CT molecular complexity index is 539. The van der Waals surface area contributed by atoms with E-state index >= 15 is 0 Å². The van der Waals surface area contributed by atoms with Crippen LogP contribution in [0.25, 0.3) is 0 Å².